The van der Waals surface area contributed by atoms with Gasteiger partial charge in [0.05, 0.1) is 11.8 Å². The summed E-state index contributed by atoms with van der Waals surface area (Å²) in [6.07, 6.45) is 2.74. The maximum Gasteiger partial charge on any atom is 0.0852 e. The summed E-state index contributed by atoms with van der Waals surface area (Å²) in [6.45, 7) is 2.74. The maximum atomic E-state index is 9.78. The standard InChI is InChI=1S/C10H19N3O2/c1-8(7-15-3)4-10(14)5-9-6-13(2)12-11-9/h6,8,10,14H,4-5,7H2,1-3H3. The van der Waals surface area contributed by atoms with Gasteiger partial charge in [0.2, 0.25) is 0 Å². The van der Waals surface area contributed by atoms with E-state index in [0.29, 0.717) is 18.9 Å². The molecule has 1 heterocycles. The van der Waals surface area contributed by atoms with E-state index in [9.17, 15) is 5.11 Å². The Kier molecular flexibility index (Phi) is 4.71. The Balaban J connectivity index is 2.32. The lowest BCUT2D eigenvalue weighted by molar-refractivity contribution is 0.101. The minimum absolute atomic E-state index is 0.363. The maximum absolute atomic E-state index is 9.78. The molecule has 2 unspecified atom stereocenters. The molecule has 0 saturated heterocycles. The molecule has 0 aromatic carbocycles. The number of aromatic nitrogens is 3. The zero-order chi connectivity index (χ0) is 11.3. The SMILES string of the molecule is COCC(C)CC(O)Cc1cn(C)nn1. The van der Waals surface area contributed by atoms with Crippen molar-refractivity contribution < 1.29 is 9.84 Å². The lowest BCUT2D eigenvalue weighted by Crippen LogP contribution is -2.17. The molecule has 0 saturated carbocycles. The van der Waals surface area contributed by atoms with E-state index in [1.54, 1.807) is 11.8 Å². The van der Waals surface area contributed by atoms with Gasteiger partial charge in [-0.25, -0.2) is 0 Å². The van der Waals surface area contributed by atoms with Crippen LogP contribution in [0, 0.1) is 5.92 Å². The lowest BCUT2D eigenvalue weighted by atomic mass is 10.0. The van der Waals surface area contributed by atoms with Gasteiger partial charge in [0.25, 0.3) is 0 Å². The Hall–Kier alpha value is -0.940. The summed E-state index contributed by atoms with van der Waals surface area (Å²) >= 11 is 0. The molecule has 0 amide bonds. The van der Waals surface area contributed by atoms with Crippen molar-refractivity contribution >= 4 is 0 Å². The van der Waals surface area contributed by atoms with Gasteiger partial charge in [0, 0.05) is 33.4 Å². The van der Waals surface area contributed by atoms with Crippen LogP contribution in [0.15, 0.2) is 6.20 Å². The topological polar surface area (TPSA) is 60.2 Å². The summed E-state index contributed by atoms with van der Waals surface area (Å²) < 4.78 is 6.66. The summed E-state index contributed by atoms with van der Waals surface area (Å²) in [5.74, 6) is 0.363. The fourth-order valence-electron chi connectivity index (χ4n) is 1.63. The first-order valence-electron chi connectivity index (χ1n) is 5.14. The number of aliphatic hydroxyl groups excluding tert-OH is 1. The predicted molar refractivity (Wildman–Crippen MR) is 56.4 cm³/mol. The number of aliphatic hydroxyl groups is 1. The van der Waals surface area contributed by atoms with Crippen molar-refractivity contribution in [3.8, 4) is 0 Å². The van der Waals surface area contributed by atoms with Crippen molar-refractivity contribution in [2.75, 3.05) is 13.7 Å². The van der Waals surface area contributed by atoms with Crippen LogP contribution in [0.1, 0.15) is 19.0 Å². The molecule has 1 aromatic heterocycles. The van der Waals surface area contributed by atoms with Gasteiger partial charge in [0.1, 0.15) is 0 Å². The van der Waals surface area contributed by atoms with E-state index in [2.05, 4.69) is 17.2 Å². The van der Waals surface area contributed by atoms with Gasteiger partial charge < -0.3 is 9.84 Å². The van der Waals surface area contributed by atoms with Gasteiger partial charge in [-0.05, 0) is 12.3 Å². The first kappa shape index (κ1) is 12.1. The van der Waals surface area contributed by atoms with E-state index in [4.69, 9.17) is 4.74 Å². The summed E-state index contributed by atoms with van der Waals surface area (Å²) in [4.78, 5) is 0. The highest BCUT2D eigenvalue weighted by Gasteiger charge is 2.12. The Labute approximate surface area is 90.1 Å². The monoisotopic (exact) mass is 213 g/mol. The van der Waals surface area contributed by atoms with E-state index < -0.39 is 0 Å². The molecule has 5 heteroatoms. The van der Waals surface area contributed by atoms with Crippen LogP contribution < -0.4 is 0 Å². The number of rotatable bonds is 6. The van der Waals surface area contributed by atoms with Crippen molar-refractivity contribution in [3.63, 3.8) is 0 Å². The number of methoxy groups -OCH3 is 1. The van der Waals surface area contributed by atoms with Crippen molar-refractivity contribution in [1.29, 1.82) is 0 Å². The average molecular weight is 213 g/mol. The molecule has 0 spiro atoms. The zero-order valence-electron chi connectivity index (χ0n) is 9.55. The molecule has 1 aromatic rings. The summed E-state index contributed by atoms with van der Waals surface area (Å²) in [5, 5.41) is 17.5. The molecule has 86 valence electrons. The van der Waals surface area contributed by atoms with Crippen LogP contribution in [0.4, 0.5) is 0 Å². The van der Waals surface area contributed by atoms with Crippen LogP contribution in [0.2, 0.25) is 0 Å². The molecular weight excluding hydrogens is 194 g/mol. The third-order valence-electron chi connectivity index (χ3n) is 2.22. The molecule has 0 aliphatic carbocycles. The minimum atomic E-state index is -0.369. The van der Waals surface area contributed by atoms with Crippen LogP contribution in [0.25, 0.3) is 0 Å². The molecule has 0 radical (unpaired) electrons. The number of hydrogen-bond donors (Lipinski definition) is 1. The quantitative estimate of drug-likeness (QED) is 0.742. The van der Waals surface area contributed by atoms with Gasteiger partial charge in [0.15, 0.2) is 0 Å². The number of ether oxygens (including phenoxy) is 1. The Morgan fingerprint density at radius 2 is 2.33 bits per heavy atom. The van der Waals surface area contributed by atoms with Crippen molar-refractivity contribution in [2.45, 2.75) is 25.9 Å². The zero-order valence-corrected chi connectivity index (χ0v) is 9.55. The van der Waals surface area contributed by atoms with E-state index in [-0.39, 0.29) is 6.10 Å². The van der Waals surface area contributed by atoms with Gasteiger partial charge in [-0.1, -0.05) is 12.1 Å². The summed E-state index contributed by atoms with van der Waals surface area (Å²) in [7, 11) is 3.49. The Morgan fingerprint density at radius 1 is 1.60 bits per heavy atom. The van der Waals surface area contributed by atoms with Gasteiger partial charge >= 0.3 is 0 Å². The number of hydrogen-bond acceptors (Lipinski definition) is 4. The third kappa shape index (κ3) is 4.40. The normalized spacial score (nSPS) is 15.2. The second-order valence-electron chi connectivity index (χ2n) is 4.04. The van der Waals surface area contributed by atoms with Crippen molar-refractivity contribution in [1.82, 2.24) is 15.0 Å². The molecule has 0 aliphatic rings. The van der Waals surface area contributed by atoms with Gasteiger partial charge in [-0.2, -0.15) is 0 Å². The largest absolute Gasteiger partial charge is 0.393 e. The third-order valence-corrected chi connectivity index (χ3v) is 2.22. The molecule has 1 N–H and O–H groups in total. The highest BCUT2D eigenvalue weighted by Crippen LogP contribution is 2.09. The fraction of sp³-hybridized carbons (Fsp3) is 0.800. The molecule has 1 rings (SSSR count). The molecule has 15 heavy (non-hydrogen) atoms. The Bertz CT molecular complexity index is 288. The van der Waals surface area contributed by atoms with Gasteiger partial charge in [-0.3, -0.25) is 4.68 Å². The average Bonchev–Trinajstić information content (AvgIpc) is 2.51. The first-order chi connectivity index (χ1) is 7.11. The van der Waals surface area contributed by atoms with Crippen LogP contribution in [0.3, 0.4) is 0 Å². The highest BCUT2D eigenvalue weighted by atomic mass is 16.5. The minimum Gasteiger partial charge on any atom is -0.393 e. The Morgan fingerprint density at radius 3 is 2.87 bits per heavy atom. The van der Waals surface area contributed by atoms with E-state index in [1.165, 1.54) is 0 Å². The van der Waals surface area contributed by atoms with E-state index in [0.717, 1.165) is 12.1 Å². The molecule has 2 atom stereocenters. The van der Waals surface area contributed by atoms with Crippen molar-refractivity contribution in [2.24, 2.45) is 13.0 Å². The summed E-state index contributed by atoms with van der Waals surface area (Å²) in [5.41, 5.74) is 0.828. The number of aryl methyl sites for hydroxylation is 1. The van der Waals surface area contributed by atoms with Crippen molar-refractivity contribution in [3.05, 3.63) is 11.9 Å². The van der Waals surface area contributed by atoms with Crippen LogP contribution in [-0.2, 0) is 18.2 Å². The molecule has 0 bridgehead atoms. The summed E-state index contributed by atoms with van der Waals surface area (Å²) in [6, 6.07) is 0. The molecule has 0 fully saturated rings. The van der Waals surface area contributed by atoms with Crippen LogP contribution in [0.5, 0.6) is 0 Å². The van der Waals surface area contributed by atoms with Crippen LogP contribution in [-0.4, -0.2) is 39.9 Å². The lowest BCUT2D eigenvalue weighted by Gasteiger charge is -2.14. The second-order valence-corrected chi connectivity index (χ2v) is 4.04. The highest BCUT2D eigenvalue weighted by molar-refractivity contribution is 4.94. The van der Waals surface area contributed by atoms with Crippen LogP contribution >= 0.6 is 0 Å². The first-order valence-corrected chi connectivity index (χ1v) is 5.14. The van der Waals surface area contributed by atoms with E-state index >= 15 is 0 Å². The molecule has 5 nitrogen and oxygen atoms in total. The number of nitrogens with zero attached hydrogens (tertiary/aromatic N) is 3. The molecular formula is C10H19N3O2. The second kappa shape index (κ2) is 5.82. The predicted octanol–water partition coefficient (Wildman–Crippen LogP) is 0.391. The van der Waals surface area contributed by atoms with Gasteiger partial charge in [-0.15, -0.1) is 5.10 Å². The fourth-order valence-corrected chi connectivity index (χ4v) is 1.63. The smallest absolute Gasteiger partial charge is 0.0852 e. The molecule has 0 aliphatic heterocycles. The van der Waals surface area contributed by atoms with E-state index in [1.807, 2.05) is 13.2 Å².